The molecule has 0 fully saturated rings. The molecule has 0 radical (unpaired) electrons. The lowest BCUT2D eigenvalue weighted by atomic mass is 10.2. The molecule has 0 aliphatic carbocycles. The number of nitrogens with zero attached hydrogens (tertiary/aromatic N) is 1. The van der Waals surface area contributed by atoms with E-state index in [1.807, 2.05) is 19.1 Å². The third-order valence-electron chi connectivity index (χ3n) is 4.83. The molecular formula is C24H23BrCl2N2O3S2. The summed E-state index contributed by atoms with van der Waals surface area (Å²) < 4.78 is 28.7. The molecule has 0 unspecified atom stereocenters. The summed E-state index contributed by atoms with van der Waals surface area (Å²) in [4.78, 5) is 12.8. The number of hydrogen-bond acceptors (Lipinski definition) is 4. The molecule has 0 bridgehead atoms. The maximum absolute atomic E-state index is 13.4. The van der Waals surface area contributed by atoms with E-state index < -0.39 is 10.0 Å². The molecule has 34 heavy (non-hydrogen) atoms. The summed E-state index contributed by atoms with van der Waals surface area (Å²) in [5.41, 5.74) is 2.40. The third kappa shape index (κ3) is 7.39. The molecule has 0 aliphatic heterocycles. The molecule has 0 spiro atoms. The molecule has 10 heteroatoms. The van der Waals surface area contributed by atoms with Crippen molar-refractivity contribution in [3.8, 4) is 0 Å². The van der Waals surface area contributed by atoms with E-state index in [4.69, 9.17) is 23.2 Å². The molecule has 0 aliphatic rings. The first-order chi connectivity index (χ1) is 16.2. The lowest BCUT2D eigenvalue weighted by Crippen LogP contribution is -2.41. The molecular weight excluding hydrogens is 579 g/mol. The Labute approximate surface area is 223 Å². The van der Waals surface area contributed by atoms with Crippen molar-refractivity contribution >= 4 is 72.5 Å². The smallest absolute Gasteiger partial charge is 0.264 e. The number of carbonyl (C=O) groups is 1. The van der Waals surface area contributed by atoms with Gasteiger partial charge in [-0.05, 0) is 61.0 Å². The van der Waals surface area contributed by atoms with Gasteiger partial charge >= 0.3 is 0 Å². The summed E-state index contributed by atoms with van der Waals surface area (Å²) >= 11 is 17.0. The predicted octanol–water partition coefficient (Wildman–Crippen LogP) is 6.31. The fourth-order valence-electron chi connectivity index (χ4n) is 3.03. The molecule has 3 aromatic rings. The molecule has 0 saturated heterocycles. The molecule has 0 atom stereocenters. The van der Waals surface area contributed by atoms with Gasteiger partial charge in [-0.2, -0.15) is 11.8 Å². The minimum absolute atomic E-state index is 0.131. The van der Waals surface area contributed by atoms with Crippen LogP contribution in [0.5, 0.6) is 0 Å². The number of rotatable bonds is 10. The number of carbonyl (C=O) groups excluding carboxylic acids is 1. The molecule has 0 heterocycles. The van der Waals surface area contributed by atoms with E-state index >= 15 is 0 Å². The number of aryl methyl sites for hydroxylation is 1. The minimum atomic E-state index is -3.93. The van der Waals surface area contributed by atoms with Crippen LogP contribution in [-0.4, -0.2) is 33.2 Å². The Morgan fingerprint density at radius 2 is 1.68 bits per heavy atom. The molecule has 3 rings (SSSR count). The molecule has 0 aromatic heterocycles. The van der Waals surface area contributed by atoms with Crippen molar-refractivity contribution in [1.29, 1.82) is 0 Å². The van der Waals surface area contributed by atoms with E-state index in [9.17, 15) is 13.2 Å². The molecule has 5 nitrogen and oxygen atoms in total. The number of halogens is 3. The van der Waals surface area contributed by atoms with Crippen LogP contribution in [0, 0.1) is 6.92 Å². The van der Waals surface area contributed by atoms with Gasteiger partial charge in [0.2, 0.25) is 5.91 Å². The first-order valence-electron chi connectivity index (χ1n) is 10.3. The Hall–Kier alpha value is -1.71. The van der Waals surface area contributed by atoms with Crippen molar-refractivity contribution in [3.05, 3.63) is 92.4 Å². The highest BCUT2D eigenvalue weighted by atomic mass is 79.9. The van der Waals surface area contributed by atoms with Gasteiger partial charge in [0.1, 0.15) is 6.54 Å². The van der Waals surface area contributed by atoms with Crippen LogP contribution in [0.3, 0.4) is 0 Å². The van der Waals surface area contributed by atoms with Gasteiger partial charge in [-0.15, -0.1) is 0 Å². The maximum Gasteiger partial charge on any atom is 0.264 e. The van der Waals surface area contributed by atoms with Gasteiger partial charge in [0.05, 0.1) is 20.6 Å². The second-order valence-electron chi connectivity index (χ2n) is 7.45. The Kier molecular flexibility index (Phi) is 9.74. The molecule has 1 amide bonds. The molecule has 0 saturated carbocycles. The highest BCUT2D eigenvalue weighted by Crippen LogP contribution is 2.26. The second-order valence-corrected chi connectivity index (χ2v) is 12.1. The lowest BCUT2D eigenvalue weighted by Gasteiger charge is -2.24. The fourth-order valence-corrected chi connectivity index (χ4v) is 5.84. The van der Waals surface area contributed by atoms with Crippen molar-refractivity contribution < 1.29 is 13.2 Å². The Morgan fingerprint density at radius 3 is 2.32 bits per heavy atom. The van der Waals surface area contributed by atoms with E-state index in [0.717, 1.165) is 25.7 Å². The summed E-state index contributed by atoms with van der Waals surface area (Å²) in [6.07, 6.45) is 0. The lowest BCUT2D eigenvalue weighted by molar-refractivity contribution is -0.119. The van der Waals surface area contributed by atoms with Crippen molar-refractivity contribution in [3.63, 3.8) is 0 Å². The summed E-state index contributed by atoms with van der Waals surface area (Å²) in [5.74, 6) is 1.00. The van der Waals surface area contributed by atoms with Gasteiger partial charge in [0.15, 0.2) is 0 Å². The van der Waals surface area contributed by atoms with E-state index in [0.29, 0.717) is 28.0 Å². The Morgan fingerprint density at radius 1 is 1.00 bits per heavy atom. The van der Waals surface area contributed by atoms with Crippen LogP contribution in [0.15, 0.2) is 76.1 Å². The summed E-state index contributed by atoms with van der Waals surface area (Å²) in [6, 6.07) is 18.9. The summed E-state index contributed by atoms with van der Waals surface area (Å²) in [6.45, 7) is 1.97. The van der Waals surface area contributed by atoms with Crippen LogP contribution < -0.4 is 9.62 Å². The number of amides is 1. The highest BCUT2D eigenvalue weighted by molar-refractivity contribution is 9.10. The number of nitrogens with one attached hydrogen (secondary N) is 1. The topological polar surface area (TPSA) is 66.5 Å². The van der Waals surface area contributed by atoms with E-state index in [-0.39, 0.29) is 17.3 Å². The van der Waals surface area contributed by atoms with Gasteiger partial charge in [-0.3, -0.25) is 9.10 Å². The van der Waals surface area contributed by atoms with Crippen molar-refractivity contribution in [2.45, 2.75) is 17.6 Å². The van der Waals surface area contributed by atoms with Crippen LogP contribution in [-0.2, 0) is 20.6 Å². The van der Waals surface area contributed by atoms with Gasteiger partial charge in [-0.1, -0.05) is 62.9 Å². The molecule has 1 N–H and O–H groups in total. The number of hydrogen-bond donors (Lipinski definition) is 1. The first kappa shape index (κ1) is 26.9. The zero-order valence-corrected chi connectivity index (χ0v) is 23.0. The number of benzene rings is 3. The first-order valence-corrected chi connectivity index (χ1v) is 14.4. The monoisotopic (exact) mass is 600 g/mol. The quantitative estimate of drug-likeness (QED) is 0.277. The standard InChI is InChI=1S/C24H23BrCl2N2O3S2/c1-17-2-9-21(10-3-17)34(31,32)29(20-7-5-19(25)6-8-20)15-24(30)28-12-13-33-16-18-4-11-22(26)23(27)14-18/h2-11,14H,12-13,15-16H2,1H3,(H,28,30). The van der Waals surface area contributed by atoms with E-state index in [1.54, 1.807) is 66.4 Å². The number of anilines is 1. The predicted molar refractivity (Wildman–Crippen MR) is 145 cm³/mol. The molecule has 180 valence electrons. The third-order valence-corrected chi connectivity index (χ3v) is 8.92. The van der Waals surface area contributed by atoms with Gasteiger partial charge in [-0.25, -0.2) is 8.42 Å². The number of sulfonamides is 1. The average Bonchev–Trinajstić information content (AvgIpc) is 2.80. The minimum Gasteiger partial charge on any atom is -0.354 e. The van der Waals surface area contributed by atoms with Crippen LogP contribution >= 0.6 is 50.9 Å². The van der Waals surface area contributed by atoms with Crippen LogP contribution in [0.1, 0.15) is 11.1 Å². The molecule has 3 aromatic carbocycles. The van der Waals surface area contributed by atoms with Crippen molar-refractivity contribution in [2.24, 2.45) is 0 Å². The van der Waals surface area contributed by atoms with Crippen molar-refractivity contribution in [1.82, 2.24) is 5.32 Å². The van der Waals surface area contributed by atoms with Gasteiger partial charge in [0, 0.05) is 22.5 Å². The second kappa shape index (κ2) is 12.3. The maximum atomic E-state index is 13.4. The normalized spacial score (nSPS) is 11.3. The number of thioether (sulfide) groups is 1. The Bertz CT molecular complexity index is 1240. The zero-order valence-electron chi connectivity index (χ0n) is 18.3. The SMILES string of the molecule is Cc1ccc(S(=O)(=O)N(CC(=O)NCCSCc2ccc(Cl)c(Cl)c2)c2ccc(Br)cc2)cc1. The van der Waals surface area contributed by atoms with Crippen LogP contribution in [0.2, 0.25) is 10.0 Å². The van der Waals surface area contributed by atoms with E-state index in [2.05, 4.69) is 21.2 Å². The fraction of sp³-hybridized carbons (Fsp3) is 0.208. The summed E-state index contributed by atoms with van der Waals surface area (Å²) in [5, 5.41) is 3.83. The Balaban J connectivity index is 1.62. The van der Waals surface area contributed by atoms with Crippen LogP contribution in [0.4, 0.5) is 5.69 Å². The highest BCUT2D eigenvalue weighted by Gasteiger charge is 2.27. The largest absolute Gasteiger partial charge is 0.354 e. The summed E-state index contributed by atoms with van der Waals surface area (Å²) in [7, 11) is -3.93. The van der Waals surface area contributed by atoms with E-state index in [1.165, 1.54) is 0 Å². The van der Waals surface area contributed by atoms with Gasteiger partial charge in [0.25, 0.3) is 10.0 Å². The zero-order chi connectivity index (χ0) is 24.7. The van der Waals surface area contributed by atoms with Gasteiger partial charge < -0.3 is 5.32 Å². The average molecular weight is 602 g/mol. The van der Waals surface area contributed by atoms with Crippen molar-refractivity contribution in [2.75, 3.05) is 23.1 Å². The van der Waals surface area contributed by atoms with Crippen LogP contribution in [0.25, 0.3) is 0 Å².